The highest BCUT2D eigenvalue weighted by atomic mass is 35.5. The van der Waals surface area contributed by atoms with Gasteiger partial charge in [0.05, 0.1) is 21.4 Å². The molecule has 0 aliphatic rings. The van der Waals surface area contributed by atoms with Crippen LogP contribution in [0, 0.1) is 0 Å². The number of rotatable bonds is 3. The first-order valence-corrected chi connectivity index (χ1v) is 7.78. The van der Waals surface area contributed by atoms with Gasteiger partial charge in [0.15, 0.2) is 0 Å². The molecule has 0 aliphatic heterocycles. The molecule has 6 heteroatoms. The zero-order valence-electron chi connectivity index (χ0n) is 10.8. The summed E-state index contributed by atoms with van der Waals surface area (Å²) in [6.45, 7) is 0.419. The molecule has 0 atom stereocenters. The smallest absolute Gasteiger partial charge is 0.270 e. The Morgan fingerprint density at radius 1 is 1.19 bits per heavy atom. The molecule has 3 aromatic rings. The number of aromatic nitrogens is 1. The zero-order chi connectivity index (χ0) is 14.8. The summed E-state index contributed by atoms with van der Waals surface area (Å²) in [5.74, 6) is -0.257. The summed E-state index contributed by atoms with van der Waals surface area (Å²) in [6, 6.07) is 12.7. The van der Waals surface area contributed by atoms with E-state index in [-0.39, 0.29) is 5.91 Å². The van der Waals surface area contributed by atoms with E-state index in [2.05, 4.69) is 10.3 Å². The lowest BCUT2D eigenvalue weighted by molar-refractivity contribution is 0.0946. The predicted molar refractivity (Wildman–Crippen MR) is 87.3 cm³/mol. The van der Waals surface area contributed by atoms with Crippen LogP contribution in [0.4, 0.5) is 0 Å². The van der Waals surface area contributed by atoms with Gasteiger partial charge < -0.3 is 5.32 Å². The molecule has 0 spiro atoms. The van der Waals surface area contributed by atoms with Crippen LogP contribution in [0.2, 0.25) is 9.36 Å². The fourth-order valence-electron chi connectivity index (χ4n) is 1.95. The van der Waals surface area contributed by atoms with Gasteiger partial charge in [-0.1, -0.05) is 41.4 Å². The fraction of sp³-hybridized carbons (Fsp3) is 0.0667. The van der Waals surface area contributed by atoms with Crippen molar-refractivity contribution in [2.24, 2.45) is 0 Å². The van der Waals surface area contributed by atoms with Gasteiger partial charge in [0.1, 0.15) is 5.69 Å². The minimum atomic E-state index is -0.257. The monoisotopic (exact) mass is 336 g/mol. The van der Waals surface area contributed by atoms with Crippen LogP contribution in [0.25, 0.3) is 10.9 Å². The van der Waals surface area contributed by atoms with Crippen LogP contribution in [-0.4, -0.2) is 10.9 Å². The number of amides is 1. The third-order valence-corrected chi connectivity index (χ3v) is 4.49. The summed E-state index contributed by atoms with van der Waals surface area (Å²) in [6.07, 6.45) is 0. The summed E-state index contributed by atoms with van der Waals surface area (Å²) in [5.41, 5.74) is 1.01. The van der Waals surface area contributed by atoms with Crippen LogP contribution in [0.15, 0.2) is 42.5 Å². The minimum Gasteiger partial charge on any atom is -0.346 e. The van der Waals surface area contributed by atoms with Gasteiger partial charge in [0, 0.05) is 10.3 Å². The standard InChI is InChI=1S/C15H10Cl2N2OS/c16-11-7-13(19-12-4-2-1-3-10(11)12)15(20)18-8-9-5-6-14(17)21-9/h1-7H,8H2,(H,18,20). The SMILES string of the molecule is O=C(NCc1ccc(Cl)s1)c1cc(Cl)c2ccccc2n1. The first-order valence-electron chi connectivity index (χ1n) is 6.21. The van der Waals surface area contributed by atoms with E-state index in [9.17, 15) is 4.79 Å². The molecule has 3 nitrogen and oxygen atoms in total. The number of benzene rings is 1. The highest BCUT2D eigenvalue weighted by Gasteiger charge is 2.11. The van der Waals surface area contributed by atoms with Gasteiger partial charge in [-0.25, -0.2) is 4.98 Å². The fourth-order valence-corrected chi connectivity index (χ4v) is 3.24. The first-order chi connectivity index (χ1) is 10.1. The van der Waals surface area contributed by atoms with Crippen LogP contribution >= 0.6 is 34.5 Å². The lowest BCUT2D eigenvalue weighted by atomic mass is 10.2. The Labute approximate surface area is 135 Å². The molecule has 0 aliphatic carbocycles. The Hall–Kier alpha value is -1.62. The van der Waals surface area contributed by atoms with Gasteiger partial charge in [0.2, 0.25) is 0 Å². The van der Waals surface area contributed by atoms with Gasteiger partial charge in [-0.05, 0) is 24.3 Å². The second-order valence-corrected chi connectivity index (χ2v) is 6.60. The maximum absolute atomic E-state index is 12.2. The molecule has 0 unspecified atom stereocenters. The third kappa shape index (κ3) is 3.18. The van der Waals surface area contributed by atoms with Crippen LogP contribution in [-0.2, 0) is 6.54 Å². The van der Waals surface area contributed by atoms with E-state index in [4.69, 9.17) is 23.2 Å². The van der Waals surface area contributed by atoms with Crippen LogP contribution < -0.4 is 5.32 Å². The number of pyridine rings is 1. The molecule has 21 heavy (non-hydrogen) atoms. The lowest BCUT2D eigenvalue weighted by Crippen LogP contribution is -2.23. The molecular formula is C15H10Cl2N2OS. The highest BCUT2D eigenvalue weighted by Crippen LogP contribution is 2.23. The number of hydrogen-bond acceptors (Lipinski definition) is 3. The number of nitrogens with zero attached hydrogens (tertiary/aromatic N) is 1. The summed E-state index contributed by atoms with van der Waals surface area (Å²) in [7, 11) is 0. The Morgan fingerprint density at radius 3 is 2.76 bits per heavy atom. The van der Waals surface area contributed by atoms with Gasteiger partial charge >= 0.3 is 0 Å². The maximum atomic E-state index is 12.2. The van der Waals surface area contributed by atoms with Crippen LogP contribution in [0.5, 0.6) is 0 Å². The molecule has 0 radical (unpaired) electrons. The second kappa shape index (κ2) is 6.02. The van der Waals surface area contributed by atoms with Crippen molar-refractivity contribution in [3.8, 4) is 0 Å². The summed E-state index contributed by atoms with van der Waals surface area (Å²) in [4.78, 5) is 17.5. The van der Waals surface area contributed by atoms with Crippen molar-refractivity contribution in [3.05, 3.63) is 62.4 Å². The molecular weight excluding hydrogens is 327 g/mol. The van der Waals surface area contributed by atoms with E-state index in [1.165, 1.54) is 11.3 Å². The van der Waals surface area contributed by atoms with Crippen molar-refractivity contribution in [1.82, 2.24) is 10.3 Å². The number of thiophene rings is 1. The normalized spacial score (nSPS) is 10.8. The van der Waals surface area contributed by atoms with Crippen molar-refractivity contribution in [2.75, 3.05) is 0 Å². The quantitative estimate of drug-likeness (QED) is 0.763. The van der Waals surface area contributed by atoms with Crippen molar-refractivity contribution < 1.29 is 4.79 Å². The van der Waals surface area contributed by atoms with Gasteiger partial charge in [-0.2, -0.15) is 0 Å². The molecule has 2 heterocycles. The largest absolute Gasteiger partial charge is 0.346 e. The van der Waals surface area contributed by atoms with E-state index in [1.54, 1.807) is 12.1 Å². The van der Waals surface area contributed by atoms with Crippen molar-refractivity contribution in [3.63, 3.8) is 0 Å². The number of nitrogens with one attached hydrogen (secondary N) is 1. The number of para-hydroxylation sites is 1. The van der Waals surface area contributed by atoms with E-state index >= 15 is 0 Å². The molecule has 106 valence electrons. The molecule has 1 amide bonds. The Morgan fingerprint density at radius 2 is 2.00 bits per heavy atom. The van der Waals surface area contributed by atoms with Crippen molar-refractivity contribution >= 4 is 51.3 Å². The predicted octanol–water partition coefficient (Wildman–Crippen LogP) is 4.53. The molecule has 0 bridgehead atoms. The number of halogens is 2. The third-order valence-electron chi connectivity index (χ3n) is 2.95. The number of carbonyl (C=O) groups is 1. The van der Waals surface area contributed by atoms with Crippen LogP contribution in [0.1, 0.15) is 15.4 Å². The number of fused-ring (bicyclic) bond motifs is 1. The second-order valence-electron chi connectivity index (χ2n) is 4.39. The van der Waals surface area contributed by atoms with E-state index in [1.807, 2.05) is 30.3 Å². The molecule has 0 saturated carbocycles. The maximum Gasteiger partial charge on any atom is 0.270 e. The average molecular weight is 337 g/mol. The molecule has 1 aromatic carbocycles. The number of hydrogen-bond donors (Lipinski definition) is 1. The highest BCUT2D eigenvalue weighted by molar-refractivity contribution is 7.16. The van der Waals surface area contributed by atoms with Gasteiger partial charge in [-0.15, -0.1) is 11.3 Å². The van der Waals surface area contributed by atoms with Gasteiger partial charge in [0.25, 0.3) is 5.91 Å². The van der Waals surface area contributed by atoms with E-state index < -0.39 is 0 Å². The average Bonchev–Trinajstić information content (AvgIpc) is 2.90. The molecule has 0 saturated heterocycles. The topological polar surface area (TPSA) is 42.0 Å². The molecule has 3 rings (SSSR count). The first kappa shape index (κ1) is 14.3. The molecule has 1 N–H and O–H groups in total. The Balaban J connectivity index is 1.81. The van der Waals surface area contributed by atoms with Crippen molar-refractivity contribution in [2.45, 2.75) is 6.54 Å². The Kier molecular flexibility index (Phi) is 4.10. The Bertz CT molecular complexity index is 816. The van der Waals surface area contributed by atoms with E-state index in [0.29, 0.717) is 27.1 Å². The molecule has 0 fully saturated rings. The molecule has 2 aromatic heterocycles. The lowest BCUT2D eigenvalue weighted by Gasteiger charge is -2.06. The minimum absolute atomic E-state index is 0.257. The van der Waals surface area contributed by atoms with Gasteiger partial charge in [-0.3, -0.25) is 4.79 Å². The van der Waals surface area contributed by atoms with E-state index in [0.717, 1.165) is 10.3 Å². The summed E-state index contributed by atoms with van der Waals surface area (Å²) < 4.78 is 0.700. The summed E-state index contributed by atoms with van der Waals surface area (Å²) in [5, 5.41) is 4.16. The number of carbonyl (C=O) groups excluding carboxylic acids is 1. The van der Waals surface area contributed by atoms with Crippen LogP contribution in [0.3, 0.4) is 0 Å². The summed E-state index contributed by atoms with van der Waals surface area (Å²) >= 11 is 13.5. The zero-order valence-corrected chi connectivity index (χ0v) is 13.1. The van der Waals surface area contributed by atoms with Crippen molar-refractivity contribution in [1.29, 1.82) is 0 Å².